The van der Waals surface area contributed by atoms with Crippen LogP contribution >= 0.6 is 34.7 Å². The predicted molar refractivity (Wildman–Crippen MR) is 143 cm³/mol. The van der Waals surface area contributed by atoms with Crippen molar-refractivity contribution in [3.05, 3.63) is 105 Å². The van der Waals surface area contributed by atoms with E-state index in [2.05, 4.69) is 20.5 Å². The number of thiazole rings is 1. The maximum Gasteiger partial charge on any atom is 0.275 e. The molecule has 0 aliphatic heterocycles. The third-order valence-electron chi connectivity index (χ3n) is 5.25. The second-order valence-electron chi connectivity index (χ2n) is 7.83. The molecule has 180 valence electrons. The Labute approximate surface area is 220 Å². The summed E-state index contributed by atoms with van der Waals surface area (Å²) < 4.78 is 15.1. The minimum atomic E-state index is -0.364. The average molecular weight is 536 g/mol. The maximum absolute atomic E-state index is 13.1. The molecular formula is C26H19ClFN5OS2. The number of thioether (sulfide) groups is 1. The van der Waals surface area contributed by atoms with E-state index in [9.17, 15) is 9.18 Å². The van der Waals surface area contributed by atoms with Crippen LogP contribution in [0, 0.1) is 12.7 Å². The molecule has 3 aromatic carbocycles. The zero-order valence-electron chi connectivity index (χ0n) is 19.0. The summed E-state index contributed by atoms with van der Waals surface area (Å²) in [6.07, 6.45) is 0. The van der Waals surface area contributed by atoms with Crippen LogP contribution in [0.1, 0.15) is 21.1 Å². The Bertz CT molecular complexity index is 1520. The monoisotopic (exact) mass is 535 g/mol. The molecule has 2 heterocycles. The number of hydrogen-bond acceptors (Lipinski definition) is 6. The predicted octanol–water partition coefficient (Wildman–Crippen LogP) is 7.04. The first-order chi connectivity index (χ1) is 17.5. The van der Waals surface area contributed by atoms with Gasteiger partial charge in [-0.05, 0) is 55.5 Å². The normalized spacial score (nSPS) is 11.0. The van der Waals surface area contributed by atoms with Crippen molar-refractivity contribution in [2.45, 2.75) is 17.8 Å². The van der Waals surface area contributed by atoms with Gasteiger partial charge in [-0.25, -0.2) is 9.37 Å². The fourth-order valence-electron chi connectivity index (χ4n) is 3.44. The lowest BCUT2D eigenvalue weighted by Gasteiger charge is -2.11. The summed E-state index contributed by atoms with van der Waals surface area (Å²) in [5.41, 5.74) is 3.66. The van der Waals surface area contributed by atoms with Crippen LogP contribution in [0.25, 0.3) is 17.1 Å². The van der Waals surface area contributed by atoms with Gasteiger partial charge >= 0.3 is 0 Å². The summed E-state index contributed by atoms with van der Waals surface area (Å²) in [6.45, 7) is 2.03. The Morgan fingerprint density at radius 1 is 1.06 bits per heavy atom. The van der Waals surface area contributed by atoms with Gasteiger partial charge in [-0.3, -0.25) is 9.36 Å². The summed E-state index contributed by atoms with van der Waals surface area (Å²) in [5.74, 6) is 0.432. The lowest BCUT2D eigenvalue weighted by Crippen LogP contribution is -2.12. The third-order valence-corrected chi connectivity index (χ3v) is 7.55. The number of aromatic nitrogens is 4. The number of amides is 1. The van der Waals surface area contributed by atoms with E-state index in [-0.39, 0.29) is 11.7 Å². The van der Waals surface area contributed by atoms with Crippen molar-refractivity contribution in [1.82, 2.24) is 19.7 Å². The molecule has 5 rings (SSSR count). The molecule has 0 fully saturated rings. The van der Waals surface area contributed by atoms with Gasteiger partial charge in [0, 0.05) is 22.3 Å². The molecule has 1 N–H and O–H groups in total. The lowest BCUT2D eigenvalue weighted by molar-refractivity contribution is 0.102. The first-order valence-corrected chi connectivity index (χ1v) is 13.1. The van der Waals surface area contributed by atoms with Crippen molar-refractivity contribution >= 4 is 46.3 Å². The summed E-state index contributed by atoms with van der Waals surface area (Å²) in [4.78, 5) is 17.0. The van der Waals surface area contributed by atoms with Crippen LogP contribution in [-0.4, -0.2) is 25.7 Å². The number of aryl methyl sites for hydroxylation is 1. The van der Waals surface area contributed by atoms with Gasteiger partial charge in [0.15, 0.2) is 11.0 Å². The number of benzene rings is 3. The van der Waals surface area contributed by atoms with E-state index in [4.69, 9.17) is 11.6 Å². The Balaban J connectivity index is 1.37. The molecule has 0 bridgehead atoms. The Morgan fingerprint density at radius 3 is 2.56 bits per heavy atom. The highest BCUT2D eigenvalue weighted by Gasteiger charge is 2.19. The Hall–Kier alpha value is -3.53. The van der Waals surface area contributed by atoms with Crippen LogP contribution in [0.5, 0.6) is 0 Å². The van der Waals surface area contributed by atoms with Crippen LogP contribution in [0.15, 0.2) is 83.3 Å². The molecule has 0 aliphatic rings. The van der Waals surface area contributed by atoms with Crippen LogP contribution in [0.2, 0.25) is 5.02 Å². The van der Waals surface area contributed by atoms with Crippen molar-refractivity contribution in [3.63, 3.8) is 0 Å². The zero-order valence-corrected chi connectivity index (χ0v) is 21.4. The molecule has 0 saturated carbocycles. The smallest absolute Gasteiger partial charge is 0.275 e. The largest absolute Gasteiger partial charge is 0.321 e. The molecule has 5 aromatic rings. The van der Waals surface area contributed by atoms with E-state index in [1.54, 1.807) is 5.38 Å². The molecule has 0 aliphatic carbocycles. The van der Waals surface area contributed by atoms with E-state index in [1.807, 2.05) is 60.0 Å². The summed E-state index contributed by atoms with van der Waals surface area (Å²) in [7, 11) is 0. The van der Waals surface area contributed by atoms with Gasteiger partial charge in [-0.15, -0.1) is 21.5 Å². The maximum atomic E-state index is 13.1. The number of hydrogen-bond donors (Lipinski definition) is 1. The Morgan fingerprint density at radius 2 is 1.81 bits per heavy atom. The van der Waals surface area contributed by atoms with Crippen molar-refractivity contribution in [2.24, 2.45) is 0 Å². The van der Waals surface area contributed by atoms with Gasteiger partial charge in [-0.2, -0.15) is 0 Å². The van der Waals surface area contributed by atoms with E-state index in [0.717, 1.165) is 21.8 Å². The molecular weight excluding hydrogens is 517 g/mol. The van der Waals surface area contributed by atoms with Crippen LogP contribution in [0.3, 0.4) is 0 Å². The summed E-state index contributed by atoms with van der Waals surface area (Å²) in [5, 5.41) is 15.3. The van der Waals surface area contributed by atoms with E-state index >= 15 is 0 Å². The van der Waals surface area contributed by atoms with Gasteiger partial charge in [0.2, 0.25) is 0 Å². The van der Waals surface area contributed by atoms with Crippen molar-refractivity contribution in [2.75, 3.05) is 5.32 Å². The molecule has 1 amide bonds. The van der Waals surface area contributed by atoms with Gasteiger partial charge < -0.3 is 5.32 Å². The van der Waals surface area contributed by atoms with E-state index in [0.29, 0.717) is 33.1 Å². The highest BCUT2D eigenvalue weighted by atomic mass is 35.5. The number of rotatable bonds is 7. The minimum Gasteiger partial charge on any atom is -0.321 e. The van der Waals surface area contributed by atoms with Crippen molar-refractivity contribution in [3.8, 4) is 17.1 Å². The first-order valence-electron chi connectivity index (χ1n) is 10.9. The van der Waals surface area contributed by atoms with Crippen LogP contribution < -0.4 is 5.32 Å². The molecule has 0 atom stereocenters. The topological polar surface area (TPSA) is 72.7 Å². The van der Waals surface area contributed by atoms with E-state index < -0.39 is 0 Å². The molecule has 6 nitrogen and oxygen atoms in total. The molecule has 10 heteroatoms. The number of carbonyl (C=O) groups is 1. The number of carbonyl (C=O) groups excluding carboxylic acids is 1. The Kier molecular flexibility index (Phi) is 7.13. The summed E-state index contributed by atoms with van der Waals surface area (Å²) >= 11 is 9.33. The van der Waals surface area contributed by atoms with E-state index in [1.165, 1.54) is 47.4 Å². The molecule has 2 aromatic heterocycles. The number of halogens is 2. The summed E-state index contributed by atoms with van der Waals surface area (Å²) in [6, 6.07) is 21.2. The van der Waals surface area contributed by atoms with Gasteiger partial charge in [0.1, 0.15) is 16.5 Å². The second-order valence-corrected chi connectivity index (χ2v) is 10.1. The molecule has 0 saturated heterocycles. The molecule has 36 heavy (non-hydrogen) atoms. The molecule has 0 unspecified atom stereocenters. The van der Waals surface area contributed by atoms with Crippen LogP contribution in [0.4, 0.5) is 10.1 Å². The average Bonchev–Trinajstić information content (AvgIpc) is 3.52. The number of nitrogens with zero attached hydrogens (tertiary/aromatic N) is 4. The second kappa shape index (κ2) is 10.6. The standard InChI is InChI=1S/C26H19ClFN5OS2/c1-16-6-12-19(13-7-16)33-24(20-4-2-3-5-21(20)27)31-32-26(33)36-15-23-30-22(14-35-23)25(34)29-18-10-8-17(28)9-11-18/h2-14H,15H2,1H3,(H,29,34). The quantitative estimate of drug-likeness (QED) is 0.226. The third kappa shape index (κ3) is 5.33. The molecule has 0 radical (unpaired) electrons. The fourth-order valence-corrected chi connectivity index (χ4v) is 5.41. The van der Waals surface area contributed by atoms with Gasteiger partial charge in [0.25, 0.3) is 5.91 Å². The minimum absolute atomic E-state index is 0.302. The lowest BCUT2D eigenvalue weighted by atomic mass is 10.2. The zero-order chi connectivity index (χ0) is 25.1. The number of nitrogens with one attached hydrogen (secondary N) is 1. The van der Waals surface area contributed by atoms with Gasteiger partial charge in [-0.1, -0.05) is 53.2 Å². The first kappa shape index (κ1) is 24.2. The van der Waals surface area contributed by atoms with Gasteiger partial charge in [0.05, 0.1) is 10.8 Å². The molecule has 0 spiro atoms. The van der Waals surface area contributed by atoms with Crippen molar-refractivity contribution < 1.29 is 9.18 Å². The highest BCUT2D eigenvalue weighted by molar-refractivity contribution is 7.98. The SMILES string of the molecule is Cc1ccc(-n2c(SCc3nc(C(=O)Nc4ccc(F)cc4)cs3)nnc2-c2ccccc2Cl)cc1. The highest BCUT2D eigenvalue weighted by Crippen LogP contribution is 2.33. The van der Waals surface area contributed by atoms with Crippen LogP contribution in [-0.2, 0) is 5.75 Å². The fraction of sp³-hybridized carbons (Fsp3) is 0.0769. The number of anilines is 1. The van der Waals surface area contributed by atoms with Crippen molar-refractivity contribution in [1.29, 1.82) is 0 Å².